The lowest BCUT2D eigenvalue weighted by Gasteiger charge is -2.20. The number of carbonyl (C=O) groups is 1. The molecule has 1 amide bonds. The molecular weight excluding hydrogens is 216 g/mol. The maximum Gasteiger partial charge on any atom is 0.241 e. The second-order valence-electron chi connectivity index (χ2n) is 4.53. The summed E-state index contributed by atoms with van der Waals surface area (Å²) in [6.45, 7) is 1.21. The van der Waals surface area contributed by atoms with Crippen molar-refractivity contribution in [2.75, 3.05) is 39.2 Å². The van der Waals surface area contributed by atoms with Crippen molar-refractivity contribution in [2.24, 2.45) is 0 Å². The predicted octanol–water partition coefficient (Wildman–Crippen LogP) is 1.15. The lowest BCUT2D eigenvalue weighted by molar-refractivity contribution is -0.119. The van der Waals surface area contributed by atoms with Crippen molar-refractivity contribution in [1.29, 1.82) is 0 Å². The molecule has 92 valence electrons. The van der Waals surface area contributed by atoms with Gasteiger partial charge in [-0.15, -0.1) is 0 Å². The van der Waals surface area contributed by atoms with Gasteiger partial charge in [0.15, 0.2) is 0 Å². The van der Waals surface area contributed by atoms with E-state index in [-0.39, 0.29) is 5.91 Å². The van der Waals surface area contributed by atoms with E-state index in [0.717, 1.165) is 24.4 Å². The molecule has 0 aromatic heterocycles. The molecule has 0 N–H and O–H groups in total. The molecule has 17 heavy (non-hydrogen) atoms. The van der Waals surface area contributed by atoms with E-state index in [2.05, 4.69) is 0 Å². The Balaban J connectivity index is 2.23. The number of fused-ring (bicyclic) bond motifs is 1. The maximum absolute atomic E-state index is 12.1. The van der Waals surface area contributed by atoms with Crippen LogP contribution in [-0.2, 0) is 11.2 Å². The molecule has 0 radical (unpaired) electrons. The highest BCUT2D eigenvalue weighted by atomic mass is 16.5. The van der Waals surface area contributed by atoms with Gasteiger partial charge in [0.25, 0.3) is 0 Å². The third-order valence-electron chi connectivity index (χ3n) is 2.94. The molecule has 0 saturated heterocycles. The normalized spacial score (nSPS) is 14.0. The van der Waals surface area contributed by atoms with Gasteiger partial charge in [-0.3, -0.25) is 4.79 Å². The molecule has 4 heteroatoms. The first-order valence-corrected chi connectivity index (χ1v) is 5.74. The fourth-order valence-corrected chi connectivity index (χ4v) is 2.10. The van der Waals surface area contributed by atoms with Crippen LogP contribution in [0.3, 0.4) is 0 Å². The van der Waals surface area contributed by atoms with E-state index >= 15 is 0 Å². The highest BCUT2D eigenvalue weighted by Crippen LogP contribution is 2.31. The molecule has 0 fully saturated rings. The van der Waals surface area contributed by atoms with Crippen LogP contribution in [0.5, 0.6) is 5.75 Å². The smallest absolute Gasteiger partial charge is 0.241 e. The van der Waals surface area contributed by atoms with Gasteiger partial charge in [0, 0.05) is 12.6 Å². The van der Waals surface area contributed by atoms with E-state index in [9.17, 15) is 4.79 Å². The number of rotatable bonds is 3. The summed E-state index contributed by atoms with van der Waals surface area (Å²) in [4.78, 5) is 15.8. The number of likely N-dealkylation sites (N-methyl/N-ethyl adjacent to an activating group) is 1. The lowest BCUT2D eigenvalue weighted by Crippen LogP contribution is -2.36. The molecule has 0 unspecified atom stereocenters. The SMILES string of the molecule is COc1ccc2c(c1)N(C(=O)CN(C)C)CC2. The van der Waals surface area contributed by atoms with Gasteiger partial charge in [0.05, 0.1) is 19.3 Å². The predicted molar refractivity (Wildman–Crippen MR) is 67.6 cm³/mol. The van der Waals surface area contributed by atoms with Crippen LogP contribution in [0.15, 0.2) is 18.2 Å². The summed E-state index contributed by atoms with van der Waals surface area (Å²) < 4.78 is 5.20. The third-order valence-corrected chi connectivity index (χ3v) is 2.94. The van der Waals surface area contributed by atoms with E-state index < -0.39 is 0 Å². The summed E-state index contributed by atoms with van der Waals surface area (Å²) in [5.74, 6) is 0.940. The molecule has 2 rings (SSSR count). The maximum atomic E-state index is 12.1. The number of anilines is 1. The standard InChI is InChI=1S/C13H18N2O2/c1-14(2)9-13(16)15-7-6-10-4-5-11(17-3)8-12(10)15/h4-5,8H,6-7,9H2,1-3H3. The Hall–Kier alpha value is -1.55. The summed E-state index contributed by atoms with van der Waals surface area (Å²) in [7, 11) is 5.45. The molecule has 4 nitrogen and oxygen atoms in total. The van der Waals surface area contributed by atoms with Gasteiger partial charge >= 0.3 is 0 Å². The molecule has 1 aromatic rings. The van der Waals surface area contributed by atoms with Crippen molar-refractivity contribution < 1.29 is 9.53 Å². The molecule has 0 aliphatic carbocycles. The van der Waals surface area contributed by atoms with Crippen LogP contribution in [0.1, 0.15) is 5.56 Å². The molecule has 0 atom stereocenters. The molecule has 0 saturated carbocycles. The van der Waals surface area contributed by atoms with Gasteiger partial charge in [0.1, 0.15) is 5.75 Å². The lowest BCUT2D eigenvalue weighted by atomic mass is 10.1. The van der Waals surface area contributed by atoms with Crippen molar-refractivity contribution in [3.05, 3.63) is 23.8 Å². The minimum Gasteiger partial charge on any atom is -0.497 e. The van der Waals surface area contributed by atoms with Crippen molar-refractivity contribution >= 4 is 11.6 Å². The number of nitrogens with zero attached hydrogens (tertiary/aromatic N) is 2. The van der Waals surface area contributed by atoms with Crippen LogP contribution in [-0.4, -0.2) is 45.1 Å². The van der Waals surface area contributed by atoms with E-state index in [0.29, 0.717) is 6.54 Å². The Bertz CT molecular complexity index is 429. The molecule has 0 bridgehead atoms. The summed E-state index contributed by atoms with van der Waals surface area (Å²) >= 11 is 0. The van der Waals surface area contributed by atoms with Crippen molar-refractivity contribution in [1.82, 2.24) is 4.90 Å². The van der Waals surface area contributed by atoms with Gasteiger partial charge < -0.3 is 14.5 Å². The summed E-state index contributed by atoms with van der Waals surface area (Å²) in [5, 5.41) is 0. The molecular formula is C13H18N2O2. The second kappa shape index (κ2) is 4.75. The number of hydrogen-bond acceptors (Lipinski definition) is 3. The molecule has 1 aliphatic rings. The summed E-state index contributed by atoms with van der Waals surface area (Å²) in [5.41, 5.74) is 2.22. The fourth-order valence-electron chi connectivity index (χ4n) is 2.10. The van der Waals surface area contributed by atoms with E-state index in [1.165, 1.54) is 5.56 Å². The van der Waals surface area contributed by atoms with Crippen LogP contribution in [0, 0.1) is 0 Å². The van der Waals surface area contributed by atoms with E-state index in [1.807, 2.05) is 42.1 Å². The van der Waals surface area contributed by atoms with Gasteiger partial charge in [-0.1, -0.05) is 6.07 Å². The number of ether oxygens (including phenoxy) is 1. The van der Waals surface area contributed by atoms with Crippen LogP contribution in [0.25, 0.3) is 0 Å². The number of carbonyl (C=O) groups excluding carboxylic acids is 1. The van der Waals surface area contributed by atoms with Gasteiger partial charge in [0.2, 0.25) is 5.91 Å². The number of methoxy groups -OCH3 is 1. The monoisotopic (exact) mass is 234 g/mol. The van der Waals surface area contributed by atoms with Gasteiger partial charge in [-0.05, 0) is 32.1 Å². The first-order chi connectivity index (χ1) is 8.11. The Labute approximate surface area is 102 Å². The largest absolute Gasteiger partial charge is 0.497 e. The van der Waals surface area contributed by atoms with Crippen molar-refractivity contribution in [2.45, 2.75) is 6.42 Å². The number of hydrogen-bond donors (Lipinski definition) is 0. The Morgan fingerprint density at radius 3 is 2.88 bits per heavy atom. The molecule has 1 aliphatic heterocycles. The zero-order valence-electron chi connectivity index (χ0n) is 10.6. The highest BCUT2D eigenvalue weighted by molar-refractivity contribution is 5.97. The molecule has 0 spiro atoms. The topological polar surface area (TPSA) is 32.8 Å². The quantitative estimate of drug-likeness (QED) is 0.786. The number of amides is 1. The summed E-state index contributed by atoms with van der Waals surface area (Å²) in [6, 6.07) is 5.92. The van der Waals surface area contributed by atoms with Crippen LogP contribution < -0.4 is 9.64 Å². The van der Waals surface area contributed by atoms with E-state index in [4.69, 9.17) is 4.74 Å². The summed E-state index contributed by atoms with van der Waals surface area (Å²) in [6.07, 6.45) is 0.929. The zero-order valence-corrected chi connectivity index (χ0v) is 10.6. The fraction of sp³-hybridized carbons (Fsp3) is 0.462. The Kier molecular flexibility index (Phi) is 3.33. The minimum absolute atomic E-state index is 0.141. The van der Waals surface area contributed by atoms with E-state index in [1.54, 1.807) is 7.11 Å². The Morgan fingerprint density at radius 2 is 2.24 bits per heavy atom. The minimum atomic E-state index is 0.141. The zero-order chi connectivity index (χ0) is 12.4. The Morgan fingerprint density at radius 1 is 1.47 bits per heavy atom. The average Bonchev–Trinajstić information content (AvgIpc) is 2.70. The van der Waals surface area contributed by atoms with Crippen molar-refractivity contribution in [3.8, 4) is 5.75 Å². The second-order valence-corrected chi connectivity index (χ2v) is 4.53. The molecule has 1 aromatic carbocycles. The first-order valence-electron chi connectivity index (χ1n) is 5.74. The van der Waals surface area contributed by atoms with Crippen LogP contribution in [0.4, 0.5) is 5.69 Å². The average molecular weight is 234 g/mol. The van der Waals surface area contributed by atoms with Gasteiger partial charge in [-0.2, -0.15) is 0 Å². The highest BCUT2D eigenvalue weighted by Gasteiger charge is 2.25. The van der Waals surface area contributed by atoms with Gasteiger partial charge in [-0.25, -0.2) is 0 Å². The van der Waals surface area contributed by atoms with Crippen molar-refractivity contribution in [3.63, 3.8) is 0 Å². The van der Waals surface area contributed by atoms with Crippen LogP contribution in [0.2, 0.25) is 0 Å². The molecule has 1 heterocycles. The first kappa shape index (κ1) is 11.9. The third kappa shape index (κ3) is 2.42. The number of benzene rings is 1. The van der Waals surface area contributed by atoms with Crippen LogP contribution >= 0.6 is 0 Å².